The van der Waals surface area contributed by atoms with E-state index in [1.54, 1.807) is 4.90 Å². The first-order chi connectivity index (χ1) is 10.7. The third kappa shape index (κ3) is 5.13. The van der Waals surface area contributed by atoms with Gasteiger partial charge in [0.2, 0.25) is 11.8 Å². The molecular formula is C16H23N3O3. The highest BCUT2D eigenvalue weighted by molar-refractivity contribution is 5.83. The number of morpholine rings is 1. The Bertz CT molecular complexity index is 487. The predicted molar refractivity (Wildman–Crippen MR) is 83.1 cm³/mol. The van der Waals surface area contributed by atoms with Crippen molar-refractivity contribution in [1.82, 2.24) is 10.2 Å². The first kappa shape index (κ1) is 16.5. The molecule has 0 radical (unpaired) electrons. The molecule has 0 bridgehead atoms. The number of hydrogen-bond acceptors (Lipinski definition) is 4. The van der Waals surface area contributed by atoms with Crippen molar-refractivity contribution in [3.8, 4) is 0 Å². The van der Waals surface area contributed by atoms with Crippen molar-refractivity contribution in [3.05, 3.63) is 35.9 Å². The molecule has 1 aliphatic rings. The highest BCUT2D eigenvalue weighted by Gasteiger charge is 2.18. The van der Waals surface area contributed by atoms with Crippen LogP contribution in [-0.4, -0.2) is 55.6 Å². The van der Waals surface area contributed by atoms with Gasteiger partial charge in [-0.15, -0.1) is 0 Å². The molecule has 0 saturated carbocycles. The van der Waals surface area contributed by atoms with Crippen molar-refractivity contribution in [1.29, 1.82) is 0 Å². The van der Waals surface area contributed by atoms with Crippen LogP contribution in [-0.2, 0) is 20.7 Å². The fourth-order valence-corrected chi connectivity index (χ4v) is 2.36. The zero-order valence-corrected chi connectivity index (χ0v) is 12.7. The van der Waals surface area contributed by atoms with Crippen molar-refractivity contribution in [2.75, 3.05) is 32.8 Å². The largest absolute Gasteiger partial charge is 0.378 e. The SMILES string of the molecule is NC(Cc1ccccc1)C(=O)NCCC(=O)N1CCOCC1. The Kier molecular flexibility index (Phi) is 6.36. The summed E-state index contributed by atoms with van der Waals surface area (Å²) in [5, 5.41) is 2.73. The van der Waals surface area contributed by atoms with E-state index in [9.17, 15) is 9.59 Å². The molecule has 3 N–H and O–H groups in total. The first-order valence-corrected chi connectivity index (χ1v) is 7.59. The standard InChI is InChI=1S/C16H23N3O3/c17-14(12-13-4-2-1-3-5-13)16(21)18-7-6-15(20)19-8-10-22-11-9-19/h1-5,14H,6-12,17H2,(H,18,21). The summed E-state index contributed by atoms with van der Waals surface area (Å²) in [5.41, 5.74) is 6.91. The molecule has 1 heterocycles. The molecule has 2 amide bonds. The zero-order valence-electron chi connectivity index (χ0n) is 12.7. The lowest BCUT2D eigenvalue weighted by atomic mass is 10.1. The maximum Gasteiger partial charge on any atom is 0.237 e. The Labute approximate surface area is 130 Å². The Morgan fingerprint density at radius 1 is 1.23 bits per heavy atom. The first-order valence-electron chi connectivity index (χ1n) is 7.59. The van der Waals surface area contributed by atoms with Crippen LogP contribution in [0.4, 0.5) is 0 Å². The Balaban J connectivity index is 1.67. The predicted octanol–water partition coefficient (Wildman–Crippen LogP) is -0.0785. The average Bonchev–Trinajstić information content (AvgIpc) is 2.56. The molecule has 0 aliphatic carbocycles. The minimum absolute atomic E-state index is 0.0419. The van der Waals surface area contributed by atoms with E-state index < -0.39 is 6.04 Å². The number of benzene rings is 1. The van der Waals surface area contributed by atoms with Gasteiger partial charge in [-0.3, -0.25) is 9.59 Å². The number of rotatable bonds is 6. The van der Waals surface area contributed by atoms with Gasteiger partial charge >= 0.3 is 0 Å². The van der Waals surface area contributed by atoms with Gasteiger partial charge in [0.1, 0.15) is 0 Å². The summed E-state index contributed by atoms with van der Waals surface area (Å²) in [4.78, 5) is 25.6. The minimum atomic E-state index is -0.596. The molecule has 1 aliphatic heterocycles. The molecule has 1 saturated heterocycles. The van der Waals surface area contributed by atoms with E-state index in [4.69, 9.17) is 10.5 Å². The van der Waals surface area contributed by atoms with E-state index in [1.807, 2.05) is 30.3 Å². The zero-order chi connectivity index (χ0) is 15.8. The van der Waals surface area contributed by atoms with Crippen molar-refractivity contribution in [2.24, 2.45) is 5.73 Å². The molecule has 120 valence electrons. The Morgan fingerprint density at radius 2 is 1.91 bits per heavy atom. The minimum Gasteiger partial charge on any atom is -0.378 e. The van der Waals surface area contributed by atoms with Crippen molar-refractivity contribution >= 4 is 11.8 Å². The molecule has 0 aromatic heterocycles. The summed E-state index contributed by atoms with van der Waals surface area (Å²) in [7, 11) is 0. The second-order valence-electron chi connectivity index (χ2n) is 5.33. The molecule has 1 fully saturated rings. The maximum atomic E-state index is 11.9. The van der Waals surface area contributed by atoms with E-state index in [1.165, 1.54) is 0 Å². The highest BCUT2D eigenvalue weighted by atomic mass is 16.5. The van der Waals surface area contributed by atoms with Crippen LogP contribution < -0.4 is 11.1 Å². The van der Waals surface area contributed by atoms with Gasteiger partial charge in [0.25, 0.3) is 0 Å². The van der Waals surface area contributed by atoms with E-state index in [-0.39, 0.29) is 11.8 Å². The molecule has 6 heteroatoms. The molecule has 2 rings (SSSR count). The van der Waals surface area contributed by atoms with Crippen molar-refractivity contribution in [3.63, 3.8) is 0 Å². The van der Waals surface area contributed by atoms with E-state index >= 15 is 0 Å². The van der Waals surface area contributed by atoms with E-state index in [0.29, 0.717) is 45.7 Å². The van der Waals surface area contributed by atoms with Crippen LogP contribution in [0.25, 0.3) is 0 Å². The molecular weight excluding hydrogens is 282 g/mol. The fourth-order valence-electron chi connectivity index (χ4n) is 2.36. The van der Waals surface area contributed by atoms with Gasteiger partial charge in [0.15, 0.2) is 0 Å². The maximum absolute atomic E-state index is 11.9. The lowest BCUT2D eigenvalue weighted by Crippen LogP contribution is -2.45. The Hall–Kier alpha value is -1.92. The lowest BCUT2D eigenvalue weighted by Gasteiger charge is -2.26. The summed E-state index contributed by atoms with van der Waals surface area (Å²) in [6.45, 7) is 2.73. The smallest absolute Gasteiger partial charge is 0.237 e. The second kappa shape index (κ2) is 8.51. The van der Waals surface area contributed by atoms with E-state index in [2.05, 4.69) is 5.32 Å². The van der Waals surface area contributed by atoms with Gasteiger partial charge in [-0.1, -0.05) is 30.3 Å². The van der Waals surface area contributed by atoms with E-state index in [0.717, 1.165) is 5.56 Å². The summed E-state index contributed by atoms with van der Waals surface area (Å²) in [5.74, 6) is -0.182. The topological polar surface area (TPSA) is 84.7 Å². The lowest BCUT2D eigenvalue weighted by molar-refractivity contribution is -0.135. The summed E-state index contributed by atoms with van der Waals surface area (Å²) >= 11 is 0. The number of nitrogens with two attached hydrogens (primary N) is 1. The van der Waals surface area contributed by atoms with Crippen LogP contribution in [0, 0.1) is 0 Å². The number of carbonyl (C=O) groups excluding carboxylic acids is 2. The number of nitrogens with one attached hydrogen (secondary N) is 1. The van der Waals surface area contributed by atoms with Gasteiger partial charge in [0, 0.05) is 26.1 Å². The van der Waals surface area contributed by atoms with Gasteiger partial charge < -0.3 is 20.7 Å². The molecule has 1 aromatic rings. The molecule has 22 heavy (non-hydrogen) atoms. The molecule has 1 aromatic carbocycles. The normalized spacial score (nSPS) is 16.1. The van der Waals surface area contributed by atoms with Crippen LogP contribution in [0.1, 0.15) is 12.0 Å². The molecule has 1 atom stereocenters. The number of carbonyl (C=O) groups is 2. The quantitative estimate of drug-likeness (QED) is 0.770. The van der Waals surface area contributed by atoms with Gasteiger partial charge in [-0.25, -0.2) is 0 Å². The van der Waals surface area contributed by atoms with Crippen LogP contribution in [0.5, 0.6) is 0 Å². The van der Waals surface area contributed by atoms with Crippen LogP contribution in [0.3, 0.4) is 0 Å². The molecule has 6 nitrogen and oxygen atoms in total. The van der Waals surface area contributed by atoms with Gasteiger partial charge in [0.05, 0.1) is 19.3 Å². The number of ether oxygens (including phenoxy) is 1. The van der Waals surface area contributed by atoms with Gasteiger partial charge in [-0.2, -0.15) is 0 Å². The van der Waals surface area contributed by atoms with Crippen LogP contribution in [0.2, 0.25) is 0 Å². The average molecular weight is 305 g/mol. The second-order valence-corrected chi connectivity index (χ2v) is 5.33. The fraction of sp³-hybridized carbons (Fsp3) is 0.500. The number of hydrogen-bond donors (Lipinski definition) is 2. The van der Waals surface area contributed by atoms with Gasteiger partial charge in [-0.05, 0) is 12.0 Å². The van der Waals surface area contributed by atoms with Crippen LogP contribution in [0.15, 0.2) is 30.3 Å². The highest BCUT2D eigenvalue weighted by Crippen LogP contribution is 2.02. The molecule has 0 spiro atoms. The Morgan fingerprint density at radius 3 is 2.59 bits per heavy atom. The number of amides is 2. The van der Waals surface area contributed by atoms with Crippen molar-refractivity contribution < 1.29 is 14.3 Å². The molecule has 1 unspecified atom stereocenters. The number of nitrogens with zero attached hydrogens (tertiary/aromatic N) is 1. The third-order valence-electron chi connectivity index (χ3n) is 3.64. The summed E-state index contributed by atoms with van der Waals surface area (Å²) in [6.07, 6.45) is 0.786. The monoisotopic (exact) mass is 305 g/mol. The van der Waals surface area contributed by atoms with Crippen molar-refractivity contribution in [2.45, 2.75) is 18.9 Å². The van der Waals surface area contributed by atoms with Crippen LogP contribution >= 0.6 is 0 Å². The summed E-state index contributed by atoms with van der Waals surface area (Å²) < 4.78 is 5.20. The summed E-state index contributed by atoms with van der Waals surface area (Å²) in [6, 6.07) is 9.04. The third-order valence-corrected chi connectivity index (χ3v) is 3.64.